The molecule has 0 spiro atoms. The molecular formula is C14H15ClN2O3S. The Bertz CT molecular complexity index is 721. The Labute approximate surface area is 128 Å². The zero-order chi connectivity index (χ0) is 14.9. The second kappa shape index (κ2) is 5.77. The third kappa shape index (κ3) is 4.28. The normalized spacial score (nSPS) is 15.3. The number of hydrogen-bond acceptors (Lipinski definition) is 5. The van der Waals surface area contributed by atoms with Crippen LogP contribution in [0.2, 0.25) is 5.02 Å². The Balaban J connectivity index is 1.64. The van der Waals surface area contributed by atoms with Crippen molar-refractivity contribution in [2.75, 3.05) is 0 Å². The second-order valence-corrected chi connectivity index (χ2v) is 7.93. The second-order valence-electron chi connectivity index (χ2n) is 5.43. The van der Waals surface area contributed by atoms with E-state index >= 15 is 0 Å². The van der Waals surface area contributed by atoms with Gasteiger partial charge in [-0.25, -0.2) is 8.42 Å². The average molecular weight is 327 g/mol. The predicted octanol–water partition coefficient (Wildman–Crippen LogP) is 2.79. The van der Waals surface area contributed by atoms with E-state index < -0.39 is 9.84 Å². The van der Waals surface area contributed by atoms with Gasteiger partial charge in [0.15, 0.2) is 9.84 Å². The minimum Gasteiger partial charge on any atom is -0.361 e. The number of rotatable bonds is 6. The highest BCUT2D eigenvalue weighted by Crippen LogP contribution is 2.32. The van der Waals surface area contributed by atoms with Crippen LogP contribution in [0, 0.1) is 5.92 Å². The molecule has 2 heterocycles. The van der Waals surface area contributed by atoms with Crippen molar-refractivity contribution in [3.05, 3.63) is 46.6 Å². The molecule has 0 atom stereocenters. The highest BCUT2D eigenvalue weighted by atomic mass is 35.5. The first-order valence-corrected chi connectivity index (χ1v) is 8.95. The van der Waals surface area contributed by atoms with Gasteiger partial charge in [0.25, 0.3) is 0 Å². The molecule has 2 aromatic rings. The van der Waals surface area contributed by atoms with E-state index in [-0.39, 0.29) is 11.5 Å². The summed E-state index contributed by atoms with van der Waals surface area (Å²) in [4.78, 5) is 4.00. The minimum absolute atomic E-state index is 0.130. The van der Waals surface area contributed by atoms with Gasteiger partial charge in [-0.3, -0.25) is 4.98 Å². The molecule has 0 unspecified atom stereocenters. The van der Waals surface area contributed by atoms with Crippen LogP contribution < -0.4 is 0 Å². The summed E-state index contributed by atoms with van der Waals surface area (Å²) in [6, 6.07) is 4.98. The molecule has 3 rings (SSSR count). The van der Waals surface area contributed by atoms with Crippen LogP contribution in [-0.4, -0.2) is 18.6 Å². The molecule has 1 aliphatic rings. The van der Waals surface area contributed by atoms with Gasteiger partial charge in [0.2, 0.25) is 0 Å². The Hall–Kier alpha value is -1.40. The molecule has 5 nitrogen and oxygen atoms in total. The van der Waals surface area contributed by atoms with Crippen molar-refractivity contribution in [3.8, 4) is 0 Å². The molecule has 0 N–H and O–H groups in total. The summed E-state index contributed by atoms with van der Waals surface area (Å²) in [6.07, 6.45) is 4.73. The van der Waals surface area contributed by atoms with E-state index in [1.165, 1.54) is 19.0 Å². The molecule has 0 saturated heterocycles. The molecule has 0 bridgehead atoms. The third-order valence-corrected chi connectivity index (χ3v) is 5.01. The van der Waals surface area contributed by atoms with Gasteiger partial charge in [-0.2, -0.15) is 0 Å². The Morgan fingerprint density at radius 3 is 2.67 bits per heavy atom. The number of nitrogens with zero attached hydrogens (tertiary/aromatic N) is 2. The highest BCUT2D eigenvalue weighted by Gasteiger charge is 2.24. The van der Waals surface area contributed by atoms with E-state index in [0.717, 1.165) is 12.2 Å². The molecule has 7 heteroatoms. The lowest BCUT2D eigenvalue weighted by Gasteiger charge is -2.01. The summed E-state index contributed by atoms with van der Waals surface area (Å²) in [5.74, 6) is 1.19. The fraction of sp³-hybridized carbons (Fsp3) is 0.429. The van der Waals surface area contributed by atoms with Crippen molar-refractivity contribution in [3.63, 3.8) is 0 Å². The van der Waals surface area contributed by atoms with E-state index in [1.807, 2.05) is 0 Å². The molecule has 0 aliphatic heterocycles. The maximum atomic E-state index is 12.1. The molecule has 112 valence electrons. The van der Waals surface area contributed by atoms with Crippen LogP contribution in [0.15, 0.2) is 28.9 Å². The summed E-state index contributed by atoms with van der Waals surface area (Å²) in [5.41, 5.74) is 0.931. The first-order valence-electron chi connectivity index (χ1n) is 6.75. The maximum Gasteiger partial charge on any atom is 0.161 e. The Kier molecular flexibility index (Phi) is 3.99. The zero-order valence-corrected chi connectivity index (χ0v) is 12.9. The van der Waals surface area contributed by atoms with E-state index in [9.17, 15) is 8.42 Å². The van der Waals surface area contributed by atoms with Gasteiger partial charge in [0.05, 0.1) is 27.9 Å². The van der Waals surface area contributed by atoms with Gasteiger partial charge >= 0.3 is 0 Å². The predicted molar refractivity (Wildman–Crippen MR) is 78.5 cm³/mol. The topological polar surface area (TPSA) is 73.1 Å². The van der Waals surface area contributed by atoms with Crippen LogP contribution in [0.4, 0.5) is 0 Å². The monoisotopic (exact) mass is 326 g/mol. The molecule has 0 aromatic carbocycles. The van der Waals surface area contributed by atoms with Crippen molar-refractivity contribution in [1.82, 2.24) is 10.1 Å². The first kappa shape index (κ1) is 14.5. The summed E-state index contributed by atoms with van der Waals surface area (Å²) in [6.45, 7) is 0. The molecule has 21 heavy (non-hydrogen) atoms. The number of sulfone groups is 1. The molecule has 1 fully saturated rings. The van der Waals surface area contributed by atoms with Gasteiger partial charge in [0, 0.05) is 18.7 Å². The SMILES string of the molecule is O=S(=O)(Cc1ccc(Cl)cn1)Cc1cc(CC2CC2)on1. The summed E-state index contributed by atoms with van der Waals surface area (Å²) in [7, 11) is -3.33. The highest BCUT2D eigenvalue weighted by molar-refractivity contribution is 7.89. The first-order chi connectivity index (χ1) is 10.00. The average Bonchev–Trinajstić information content (AvgIpc) is 3.12. The number of hydrogen-bond donors (Lipinski definition) is 0. The van der Waals surface area contributed by atoms with Crippen LogP contribution in [0.1, 0.15) is 30.0 Å². The molecule has 0 radical (unpaired) electrons. The maximum absolute atomic E-state index is 12.1. The molecule has 1 saturated carbocycles. The van der Waals surface area contributed by atoms with Crippen LogP contribution in [0.25, 0.3) is 0 Å². The van der Waals surface area contributed by atoms with Crippen molar-refractivity contribution in [2.24, 2.45) is 5.92 Å². The molecule has 0 amide bonds. The van der Waals surface area contributed by atoms with Gasteiger partial charge in [-0.15, -0.1) is 0 Å². The standard InChI is InChI=1S/C14H15ClN2O3S/c15-11-3-4-12(16-7-11)8-21(18,19)9-13-6-14(20-17-13)5-10-1-2-10/h3-4,6-7,10H,1-2,5,8-9H2. The van der Waals surface area contributed by atoms with Gasteiger partial charge in [0.1, 0.15) is 5.76 Å². The molecule has 2 aromatic heterocycles. The molecule has 1 aliphatic carbocycles. The smallest absolute Gasteiger partial charge is 0.161 e. The van der Waals surface area contributed by atoms with Gasteiger partial charge in [-0.05, 0) is 30.9 Å². The van der Waals surface area contributed by atoms with Gasteiger partial charge < -0.3 is 4.52 Å². The lowest BCUT2D eigenvalue weighted by Crippen LogP contribution is -2.08. The van der Waals surface area contributed by atoms with E-state index in [2.05, 4.69) is 10.1 Å². The summed E-state index contributed by atoms with van der Waals surface area (Å²) < 4.78 is 29.5. The minimum atomic E-state index is -3.33. The Morgan fingerprint density at radius 1 is 1.24 bits per heavy atom. The van der Waals surface area contributed by atoms with E-state index in [1.54, 1.807) is 18.2 Å². The molecular weight excluding hydrogens is 312 g/mol. The summed E-state index contributed by atoms with van der Waals surface area (Å²) >= 11 is 5.73. The van der Waals surface area contributed by atoms with Gasteiger partial charge in [-0.1, -0.05) is 16.8 Å². The zero-order valence-electron chi connectivity index (χ0n) is 11.3. The Morgan fingerprint density at radius 2 is 2.00 bits per heavy atom. The fourth-order valence-corrected chi connectivity index (χ4v) is 3.54. The quantitative estimate of drug-likeness (QED) is 0.816. The number of halogens is 1. The van der Waals surface area contributed by atoms with Crippen molar-refractivity contribution >= 4 is 21.4 Å². The fourth-order valence-electron chi connectivity index (χ4n) is 2.12. The van der Waals surface area contributed by atoms with Crippen LogP contribution in [0.5, 0.6) is 0 Å². The number of pyridine rings is 1. The van der Waals surface area contributed by atoms with Crippen molar-refractivity contribution in [1.29, 1.82) is 0 Å². The summed E-state index contributed by atoms with van der Waals surface area (Å²) in [5, 5.41) is 4.33. The van der Waals surface area contributed by atoms with E-state index in [4.69, 9.17) is 16.1 Å². The van der Waals surface area contributed by atoms with Crippen LogP contribution in [0.3, 0.4) is 0 Å². The van der Waals surface area contributed by atoms with Crippen LogP contribution in [-0.2, 0) is 27.8 Å². The van der Waals surface area contributed by atoms with E-state index in [0.29, 0.717) is 22.3 Å². The third-order valence-electron chi connectivity index (χ3n) is 3.32. The van der Waals surface area contributed by atoms with Crippen molar-refractivity contribution in [2.45, 2.75) is 30.8 Å². The lowest BCUT2D eigenvalue weighted by molar-refractivity contribution is 0.374. The lowest BCUT2D eigenvalue weighted by atomic mass is 10.2. The van der Waals surface area contributed by atoms with Crippen LogP contribution >= 0.6 is 11.6 Å². The number of aromatic nitrogens is 2. The largest absolute Gasteiger partial charge is 0.361 e. The van der Waals surface area contributed by atoms with Crippen molar-refractivity contribution < 1.29 is 12.9 Å².